The van der Waals surface area contributed by atoms with Crippen LogP contribution in [-0.4, -0.2) is 53.9 Å². The van der Waals surface area contributed by atoms with E-state index < -0.39 is 11.9 Å². The van der Waals surface area contributed by atoms with Gasteiger partial charge in [0.15, 0.2) is 5.43 Å². The van der Waals surface area contributed by atoms with Crippen molar-refractivity contribution >= 4 is 11.8 Å². The summed E-state index contributed by atoms with van der Waals surface area (Å²) in [6.45, 7) is 3.72. The summed E-state index contributed by atoms with van der Waals surface area (Å²) >= 11 is 0. The van der Waals surface area contributed by atoms with Crippen LogP contribution in [-0.2, 0) is 4.79 Å². The van der Waals surface area contributed by atoms with E-state index in [1.807, 2.05) is 6.92 Å². The molecule has 7 nitrogen and oxygen atoms in total. The Hall–Kier alpha value is -2.15. The van der Waals surface area contributed by atoms with Crippen molar-refractivity contribution in [2.75, 3.05) is 26.2 Å². The number of nitrogens with zero attached hydrogens (tertiary/aromatic N) is 1. The molecule has 0 aromatic carbocycles. The molecule has 1 atom stereocenters. The summed E-state index contributed by atoms with van der Waals surface area (Å²) in [5.41, 5.74) is -0.286. The minimum absolute atomic E-state index is 0.0590. The van der Waals surface area contributed by atoms with Crippen LogP contribution in [0.15, 0.2) is 23.3 Å². The third kappa shape index (κ3) is 2.88. The molecule has 1 unspecified atom stereocenters. The second-order valence-corrected chi connectivity index (χ2v) is 4.54. The highest BCUT2D eigenvalue weighted by atomic mass is 16.2. The quantitative estimate of drug-likeness (QED) is 0.656. The molecule has 20 heavy (non-hydrogen) atoms. The highest BCUT2D eigenvalue weighted by Crippen LogP contribution is 2.08. The molecule has 1 saturated heterocycles. The second-order valence-electron chi connectivity index (χ2n) is 4.54. The van der Waals surface area contributed by atoms with Crippen molar-refractivity contribution in [1.29, 1.82) is 0 Å². The molecule has 108 valence electrons. The number of piperazine rings is 1. The van der Waals surface area contributed by atoms with Crippen molar-refractivity contribution in [3.8, 4) is 0 Å². The van der Waals surface area contributed by atoms with E-state index in [9.17, 15) is 14.4 Å². The molecule has 0 radical (unpaired) electrons. The summed E-state index contributed by atoms with van der Waals surface area (Å²) in [5, 5.41) is 5.79. The maximum absolute atomic E-state index is 12.4. The van der Waals surface area contributed by atoms with Crippen LogP contribution in [0.3, 0.4) is 0 Å². The number of carbonyl (C=O) groups is 2. The van der Waals surface area contributed by atoms with Crippen molar-refractivity contribution < 1.29 is 9.59 Å². The minimum atomic E-state index is -0.587. The SMILES string of the molecule is CCNC(=O)C1CNCCN1C(=O)c1c[nH]ccc1=O. The third-order valence-electron chi connectivity index (χ3n) is 3.21. The van der Waals surface area contributed by atoms with Crippen LogP contribution < -0.4 is 16.1 Å². The van der Waals surface area contributed by atoms with Gasteiger partial charge in [0, 0.05) is 44.6 Å². The van der Waals surface area contributed by atoms with E-state index in [1.165, 1.54) is 23.4 Å². The van der Waals surface area contributed by atoms with E-state index in [1.54, 1.807) is 0 Å². The van der Waals surface area contributed by atoms with Crippen LogP contribution in [0, 0.1) is 0 Å². The van der Waals surface area contributed by atoms with Gasteiger partial charge in [0.05, 0.1) is 0 Å². The highest BCUT2D eigenvalue weighted by molar-refractivity contribution is 5.97. The van der Waals surface area contributed by atoms with E-state index in [-0.39, 0.29) is 16.9 Å². The predicted molar refractivity (Wildman–Crippen MR) is 73.4 cm³/mol. The van der Waals surface area contributed by atoms with Crippen molar-refractivity contribution in [3.63, 3.8) is 0 Å². The van der Waals surface area contributed by atoms with Gasteiger partial charge in [-0.05, 0) is 6.92 Å². The number of pyridine rings is 1. The Balaban J connectivity index is 2.24. The molecule has 1 fully saturated rings. The number of carbonyl (C=O) groups excluding carboxylic acids is 2. The lowest BCUT2D eigenvalue weighted by molar-refractivity contribution is -0.126. The molecular weight excluding hydrogens is 260 g/mol. The summed E-state index contributed by atoms with van der Waals surface area (Å²) in [6.07, 6.45) is 2.85. The second kappa shape index (κ2) is 6.33. The van der Waals surface area contributed by atoms with Crippen LogP contribution in [0.1, 0.15) is 17.3 Å². The predicted octanol–water partition coefficient (Wildman–Crippen LogP) is -1.07. The smallest absolute Gasteiger partial charge is 0.260 e. The first-order valence-electron chi connectivity index (χ1n) is 6.61. The zero-order chi connectivity index (χ0) is 14.5. The summed E-state index contributed by atoms with van der Waals surface area (Å²) in [4.78, 5) is 40.3. The van der Waals surface area contributed by atoms with Crippen LogP contribution in [0.4, 0.5) is 0 Å². The maximum atomic E-state index is 12.4. The Morgan fingerprint density at radius 1 is 1.50 bits per heavy atom. The first kappa shape index (κ1) is 14.3. The van der Waals surface area contributed by atoms with E-state index >= 15 is 0 Å². The molecule has 0 bridgehead atoms. The van der Waals surface area contributed by atoms with Gasteiger partial charge in [-0.15, -0.1) is 0 Å². The van der Waals surface area contributed by atoms with Crippen molar-refractivity contribution in [3.05, 3.63) is 34.2 Å². The van der Waals surface area contributed by atoms with Crippen molar-refractivity contribution in [2.45, 2.75) is 13.0 Å². The number of amides is 2. The third-order valence-corrected chi connectivity index (χ3v) is 3.21. The van der Waals surface area contributed by atoms with Crippen LogP contribution in [0.2, 0.25) is 0 Å². The lowest BCUT2D eigenvalue weighted by atomic mass is 10.1. The van der Waals surface area contributed by atoms with Gasteiger partial charge in [-0.3, -0.25) is 14.4 Å². The molecule has 0 saturated carbocycles. The Bertz CT molecular complexity index is 555. The average molecular weight is 278 g/mol. The standard InChI is InChI=1S/C13H18N4O3/c1-2-16-12(19)10-8-15-5-6-17(10)13(20)9-7-14-4-3-11(9)18/h3-4,7,10,15H,2,5-6,8H2,1H3,(H,14,18)(H,16,19). The first-order chi connectivity index (χ1) is 9.65. The van der Waals surface area contributed by atoms with Crippen LogP contribution >= 0.6 is 0 Å². The molecule has 2 rings (SSSR count). The molecule has 1 aliphatic rings. The summed E-state index contributed by atoms with van der Waals surface area (Å²) in [5.74, 6) is -0.620. The van der Waals surface area contributed by atoms with E-state index in [0.29, 0.717) is 26.2 Å². The zero-order valence-electron chi connectivity index (χ0n) is 11.3. The maximum Gasteiger partial charge on any atom is 0.260 e. The Morgan fingerprint density at radius 3 is 3.00 bits per heavy atom. The van der Waals surface area contributed by atoms with Crippen LogP contribution in [0.5, 0.6) is 0 Å². The molecule has 1 aliphatic heterocycles. The number of H-pyrrole nitrogens is 1. The number of rotatable bonds is 3. The fourth-order valence-corrected chi connectivity index (χ4v) is 2.21. The molecule has 0 aliphatic carbocycles. The Labute approximate surface area is 116 Å². The Morgan fingerprint density at radius 2 is 2.30 bits per heavy atom. The van der Waals surface area contributed by atoms with Gasteiger partial charge < -0.3 is 20.5 Å². The van der Waals surface area contributed by atoms with E-state index in [4.69, 9.17) is 0 Å². The molecule has 7 heteroatoms. The normalized spacial score (nSPS) is 18.6. The number of likely N-dealkylation sites (N-methyl/N-ethyl adjacent to an activating group) is 1. The zero-order valence-corrected chi connectivity index (χ0v) is 11.3. The fourth-order valence-electron chi connectivity index (χ4n) is 2.21. The molecule has 0 spiro atoms. The van der Waals surface area contributed by atoms with Gasteiger partial charge in [0.25, 0.3) is 5.91 Å². The Kier molecular flexibility index (Phi) is 4.52. The number of aromatic amines is 1. The van der Waals surface area contributed by atoms with Gasteiger partial charge in [0.2, 0.25) is 5.91 Å². The number of nitrogens with one attached hydrogen (secondary N) is 3. The largest absolute Gasteiger partial charge is 0.367 e. The number of aromatic nitrogens is 1. The molecule has 2 amide bonds. The van der Waals surface area contributed by atoms with E-state index in [2.05, 4.69) is 15.6 Å². The molecule has 1 aromatic rings. The summed E-state index contributed by atoms with van der Waals surface area (Å²) < 4.78 is 0. The van der Waals surface area contributed by atoms with Gasteiger partial charge in [-0.1, -0.05) is 0 Å². The molecule has 2 heterocycles. The minimum Gasteiger partial charge on any atom is -0.367 e. The summed E-state index contributed by atoms with van der Waals surface area (Å²) in [7, 11) is 0. The van der Waals surface area contributed by atoms with Crippen molar-refractivity contribution in [2.24, 2.45) is 0 Å². The first-order valence-corrected chi connectivity index (χ1v) is 6.61. The lowest BCUT2D eigenvalue weighted by Crippen LogP contribution is -2.60. The summed E-state index contributed by atoms with van der Waals surface area (Å²) in [6, 6.07) is 0.715. The molecular formula is C13H18N4O3. The molecule has 3 N–H and O–H groups in total. The van der Waals surface area contributed by atoms with Crippen LogP contribution in [0.25, 0.3) is 0 Å². The highest BCUT2D eigenvalue weighted by Gasteiger charge is 2.33. The topological polar surface area (TPSA) is 94.3 Å². The van der Waals surface area contributed by atoms with Crippen molar-refractivity contribution in [1.82, 2.24) is 20.5 Å². The van der Waals surface area contributed by atoms with Gasteiger partial charge in [-0.2, -0.15) is 0 Å². The van der Waals surface area contributed by atoms with Gasteiger partial charge in [0.1, 0.15) is 11.6 Å². The average Bonchev–Trinajstić information content (AvgIpc) is 2.47. The van der Waals surface area contributed by atoms with Gasteiger partial charge in [-0.25, -0.2) is 0 Å². The lowest BCUT2D eigenvalue weighted by Gasteiger charge is -2.35. The number of hydrogen-bond acceptors (Lipinski definition) is 4. The fraction of sp³-hybridized carbons (Fsp3) is 0.462. The molecule has 1 aromatic heterocycles. The monoisotopic (exact) mass is 278 g/mol. The number of hydrogen-bond donors (Lipinski definition) is 3. The van der Waals surface area contributed by atoms with Gasteiger partial charge >= 0.3 is 0 Å². The van der Waals surface area contributed by atoms with E-state index in [0.717, 1.165) is 0 Å².